The predicted molar refractivity (Wildman–Crippen MR) is 92.7 cm³/mol. The van der Waals surface area contributed by atoms with Gasteiger partial charge in [-0.15, -0.1) is 23.2 Å². The molecule has 0 saturated heterocycles. The van der Waals surface area contributed by atoms with Crippen LogP contribution in [0.1, 0.15) is 27.7 Å². The van der Waals surface area contributed by atoms with E-state index in [1.54, 1.807) is 52.0 Å². The number of amides is 2. The highest BCUT2D eigenvalue weighted by Crippen LogP contribution is 2.24. The van der Waals surface area contributed by atoms with Crippen molar-refractivity contribution in [1.29, 1.82) is 0 Å². The van der Waals surface area contributed by atoms with Crippen LogP contribution in [0.5, 0.6) is 0 Å². The lowest BCUT2D eigenvalue weighted by Gasteiger charge is -2.22. The van der Waals surface area contributed by atoms with E-state index in [2.05, 4.69) is 10.6 Å². The highest BCUT2D eigenvalue weighted by Gasteiger charge is 2.27. The lowest BCUT2D eigenvalue weighted by atomic mass is 9.95. The number of hydrogen-bond acceptors (Lipinski definition) is 2. The first kappa shape index (κ1) is 18.8. The van der Waals surface area contributed by atoms with Gasteiger partial charge >= 0.3 is 0 Å². The Morgan fingerprint density at radius 2 is 1.27 bits per heavy atom. The normalized spacial score (nSPS) is 11.9. The first-order chi connectivity index (χ1) is 10.1. The maximum Gasteiger partial charge on any atom is 0.231 e. The van der Waals surface area contributed by atoms with E-state index in [9.17, 15) is 9.59 Å². The Balaban J connectivity index is 2.83. The molecular weight excluding hydrogens is 323 g/mol. The molecule has 0 aliphatic heterocycles. The van der Waals surface area contributed by atoms with E-state index in [1.165, 1.54) is 0 Å². The van der Waals surface area contributed by atoms with Gasteiger partial charge in [0, 0.05) is 23.1 Å². The molecule has 0 aliphatic rings. The number of hydrogen-bond donors (Lipinski definition) is 2. The fourth-order valence-electron chi connectivity index (χ4n) is 1.40. The number of anilines is 2. The second-order valence-electron chi connectivity index (χ2n) is 6.52. The van der Waals surface area contributed by atoms with E-state index in [0.717, 1.165) is 0 Å². The number of carbonyl (C=O) groups is 2. The van der Waals surface area contributed by atoms with Crippen molar-refractivity contribution in [2.24, 2.45) is 10.8 Å². The van der Waals surface area contributed by atoms with Gasteiger partial charge < -0.3 is 10.6 Å². The highest BCUT2D eigenvalue weighted by molar-refractivity contribution is 6.20. The van der Waals surface area contributed by atoms with Crippen molar-refractivity contribution < 1.29 is 9.59 Å². The van der Waals surface area contributed by atoms with E-state index in [0.29, 0.717) is 11.4 Å². The molecule has 0 unspecified atom stereocenters. The van der Waals surface area contributed by atoms with Crippen LogP contribution in [0.25, 0.3) is 0 Å². The number of nitrogens with one attached hydrogen (secondary N) is 2. The minimum absolute atomic E-state index is 0.174. The Kier molecular flexibility index (Phi) is 6.27. The molecule has 0 atom stereocenters. The number of carbonyl (C=O) groups excluding carboxylic acids is 2. The number of rotatable bonds is 6. The standard InChI is InChI=1S/C16H22Cl2N2O2/c1-15(2,9-17)13(21)19-11-6-5-7-12(8-11)20-14(22)16(3,4)10-18/h5-8H,9-10H2,1-4H3,(H,19,21)(H,20,22). The third-order valence-electron chi connectivity index (χ3n) is 3.28. The molecule has 6 heteroatoms. The maximum absolute atomic E-state index is 12.1. The van der Waals surface area contributed by atoms with Gasteiger partial charge in [0.25, 0.3) is 0 Å². The molecule has 122 valence electrons. The van der Waals surface area contributed by atoms with Crippen LogP contribution >= 0.6 is 23.2 Å². The van der Waals surface area contributed by atoms with Crippen molar-refractivity contribution in [3.05, 3.63) is 24.3 Å². The zero-order chi connectivity index (χ0) is 17.0. The first-order valence-electron chi connectivity index (χ1n) is 6.97. The molecule has 0 fully saturated rings. The molecule has 0 aliphatic carbocycles. The van der Waals surface area contributed by atoms with Crippen LogP contribution in [-0.2, 0) is 9.59 Å². The lowest BCUT2D eigenvalue weighted by molar-refractivity contribution is -0.123. The highest BCUT2D eigenvalue weighted by atomic mass is 35.5. The van der Waals surface area contributed by atoms with Gasteiger partial charge in [-0.3, -0.25) is 9.59 Å². The van der Waals surface area contributed by atoms with Crippen molar-refractivity contribution in [3.8, 4) is 0 Å². The van der Waals surface area contributed by atoms with Crippen LogP contribution in [0.15, 0.2) is 24.3 Å². The largest absolute Gasteiger partial charge is 0.326 e. The summed E-state index contributed by atoms with van der Waals surface area (Å²) in [6.07, 6.45) is 0. The summed E-state index contributed by atoms with van der Waals surface area (Å²) in [6, 6.07) is 6.96. The van der Waals surface area contributed by atoms with Gasteiger partial charge in [-0.1, -0.05) is 6.07 Å². The van der Waals surface area contributed by atoms with Gasteiger partial charge in [-0.2, -0.15) is 0 Å². The van der Waals surface area contributed by atoms with E-state index < -0.39 is 10.8 Å². The molecule has 1 aromatic rings. The average Bonchev–Trinajstić information content (AvgIpc) is 2.47. The van der Waals surface area contributed by atoms with E-state index in [1.807, 2.05) is 0 Å². The predicted octanol–water partition coefficient (Wildman–Crippen LogP) is 4.09. The molecule has 22 heavy (non-hydrogen) atoms. The second-order valence-corrected chi connectivity index (χ2v) is 7.06. The number of benzene rings is 1. The summed E-state index contributed by atoms with van der Waals surface area (Å²) in [5, 5.41) is 5.60. The third-order valence-corrected chi connectivity index (χ3v) is 4.61. The van der Waals surface area contributed by atoms with E-state index in [-0.39, 0.29) is 23.6 Å². The molecule has 4 nitrogen and oxygen atoms in total. The molecule has 0 saturated carbocycles. The SMILES string of the molecule is CC(C)(CCl)C(=O)Nc1cccc(NC(=O)C(C)(C)CCl)c1. The summed E-state index contributed by atoms with van der Waals surface area (Å²) in [6.45, 7) is 7.07. The molecule has 0 spiro atoms. The summed E-state index contributed by atoms with van der Waals surface area (Å²) in [5.74, 6) is 0.0948. The van der Waals surface area contributed by atoms with Crippen molar-refractivity contribution in [2.45, 2.75) is 27.7 Å². The van der Waals surface area contributed by atoms with E-state index >= 15 is 0 Å². The summed E-state index contributed by atoms with van der Waals surface area (Å²) in [4.78, 5) is 24.2. The fourth-order valence-corrected chi connectivity index (χ4v) is 1.64. The Morgan fingerprint density at radius 1 is 0.909 bits per heavy atom. The monoisotopic (exact) mass is 344 g/mol. The molecule has 0 bridgehead atoms. The molecule has 0 aromatic heterocycles. The molecule has 1 aromatic carbocycles. The third kappa shape index (κ3) is 4.89. The summed E-state index contributed by atoms with van der Waals surface area (Å²) < 4.78 is 0. The van der Waals surface area contributed by atoms with Crippen LogP contribution in [0.2, 0.25) is 0 Å². The minimum Gasteiger partial charge on any atom is -0.326 e. The summed E-state index contributed by atoms with van der Waals surface area (Å²) in [5.41, 5.74) is -0.127. The summed E-state index contributed by atoms with van der Waals surface area (Å²) in [7, 11) is 0. The minimum atomic E-state index is -0.665. The summed E-state index contributed by atoms with van der Waals surface area (Å²) >= 11 is 11.6. The molecule has 2 amide bonds. The van der Waals surface area contributed by atoms with Crippen molar-refractivity contribution in [1.82, 2.24) is 0 Å². The zero-order valence-electron chi connectivity index (χ0n) is 13.3. The van der Waals surface area contributed by atoms with Gasteiger partial charge in [0.05, 0.1) is 10.8 Å². The number of halogens is 2. The van der Waals surface area contributed by atoms with Crippen LogP contribution in [-0.4, -0.2) is 23.6 Å². The fraction of sp³-hybridized carbons (Fsp3) is 0.500. The molecular formula is C16H22Cl2N2O2. The van der Waals surface area contributed by atoms with Gasteiger partial charge in [0.2, 0.25) is 11.8 Å². The number of alkyl halides is 2. The van der Waals surface area contributed by atoms with Crippen molar-refractivity contribution >= 4 is 46.4 Å². The van der Waals surface area contributed by atoms with Crippen molar-refractivity contribution in [3.63, 3.8) is 0 Å². The van der Waals surface area contributed by atoms with Crippen LogP contribution < -0.4 is 10.6 Å². The quantitative estimate of drug-likeness (QED) is 0.763. The Bertz CT molecular complexity index is 512. The average molecular weight is 345 g/mol. The molecule has 1 rings (SSSR count). The Hall–Kier alpha value is -1.26. The topological polar surface area (TPSA) is 58.2 Å². The lowest BCUT2D eigenvalue weighted by Crippen LogP contribution is -2.33. The maximum atomic E-state index is 12.1. The van der Waals surface area contributed by atoms with Gasteiger partial charge in [0.15, 0.2) is 0 Å². The zero-order valence-corrected chi connectivity index (χ0v) is 14.8. The smallest absolute Gasteiger partial charge is 0.231 e. The Labute approximate surface area is 141 Å². The van der Waals surface area contributed by atoms with Gasteiger partial charge in [-0.25, -0.2) is 0 Å². The van der Waals surface area contributed by atoms with Crippen molar-refractivity contribution in [2.75, 3.05) is 22.4 Å². The van der Waals surface area contributed by atoms with E-state index in [4.69, 9.17) is 23.2 Å². The van der Waals surface area contributed by atoms with Crippen LogP contribution in [0.4, 0.5) is 11.4 Å². The molecule has 2 N–H and O–H groups in total. The molecule has 0 radical (unpaired) electrons. The van der Waals surface area contributed by atoms with Crippen LogP contribution in [0, 0.1) is 10.8 Å². The Morgan fingerprint density at radius 3 is 1.59 bits per heavy atom. The van der Waals surface area contributed by atoms with Gasteiger partial charge in [-0.05, 0) is 45.9 Å². The molecule has 0 heterocycles. The first-order valence-corrected chi connectivity index (χ1v) is 8.04. The second kappa shape index (κ2) is 7.34. The van der Waals surface area contributed by atoms with Gasteiger partial charge in [0.1, 0.15) is 0 Å². The van der Waals surface area contributed by atoms with Crippen LogP contribution in [0.3, 0.4) is 0 Å².